The van der Waals surface area contributed by atoms with E-state index in [0.29, 0.717) is 38.8 Å². The second-order valence-corrected chi connectivity index (χ2v) is 22.2. The summed E-state index contributed by atoms with van der Waals surface area (Å²) in [7, 11) is 5.81. The highest BCUT2D eigenvalue weighted by Crippen LogP contribution is 2.52. The average Bonchev–Trinajstić information content (AvgIpc) is 1.31. The maximum atomic E-state index is 14.2. The lowest BCUT2D eigenvalue weighted by atomic mass is 9.73. The Kier molecular flexibility index (Phi) is 20.8. The average molecular weight is 1190 g/mol. The number of ketones is 2. The van der Waals surface area contributed by atoms with Crippen LogP contribution in [0.5, 0.6) is 17.2 Å². The number of likely N-dealkylation sites (N-methyl/N-ethyl adjacent to an activating group) is 2. The predicted octanol–water partition coefficient (Wildman–Crippen LogP) is 1.54. The molecule has 6 aliphatic rings. The number of Topliss-reactive ketones (excluding diaryl/α,β-unsaturated/α-hetero) is 1. The van der Waals surface area contributed by atoms with Gasteiger partial charge in [0.05, 0.1) is 48.3 Å². The number of phenolic OH excluding ortho intramolecular Hbond substituents is 2. The Labute approximate surface area is 491 Å². The van der Waals surface area contributed by atoms with E-state index < -0.39 is 109 Å². The fraction of sp³-hybridized carbons (Fsp3) is 0.586. The van der Waals surface area contributed by atoms with Crippen LogP contribution in [0.4, 0.5) is 4.79 Å². The first kappa shape index (κ1) is 63.6. The fourth-order valence-corrected chi connectivity index (χ4v) is 11.5. The number of methoxy groups -OCH3 is 2. The molecule has 4 aliphatic heterocycles. The number of fused-ring (bicyclic) bond motifs is 6. The lowest BCUT2D eigenvalue weighted by Gasteiger charge is -2.42. The maximum Gasteiger partial charge on any atom is 0.409 e. The zero-order valence-electron chi connectivity index (χ0n) is 49.0. The Morgan fingerprint density at radius 3 is 2.31 bits per heavy atom. The van der Waals surface area contributed by atoms with Gasteiger partial charge in [-0.1, -0.05) is 32.4 Å². The number of carbonyl (C=O) groups is 9. The van der Waals surface area contributed by atoms with Gasteiger partial charge in [0.1, 0.15) is 48.8 Å². The van der Waals surface area contributed by atoms with E-state index in [1.807, 2.05) is 6.92 Å². The number of nitrogens with one attached hydrogen (secondary N) is 4. The number of aromatic hydroxyl groups is 2. The molecule has 0 radical (unpaired) electrons. The molecule has 0 bridgehead atoms. The van der Waals surface area contributed by atoms with Crippen molar-refractivity contribution in [2.75, 3.05) is 81.0 Å². The van der Waals surface area contributed by atoms with Crippen molar-refractivity contribution in [3.8, 4) is 17.2 Å². The van der Waals surface area contributed by atoms with Gasteiger partial charge in [-0.15, -0.1) is 0 Å². The summed E-state index contributed by atoms with van der Waals surface area (Å²) in [6.07, 6.45) is -0.804. The number of nitrogens with zero attached hydrogens (tertiary/aromatic N) is 4. The standard InChI is InChI=1S/C58H76N8O19/c1-29(2)49(62-39(68)15-10-9-11-18-66-40(69)16-17-41(66)70)55(76)61-30(3)54(75)60-28-80-27-42(71)63(5)19-20-64(6)58(77)82-26-36(67)32-23-34-45(52(74)46-47(51(34)73)50(72)33-13-12-14-37(78-7)44(33)48(46)59)38(24-32)84-43-25-35-53(31(4)83-43)85-56-57(79-8)81-22-21-65(35)56/h12-14,16-17,29-32,35,38,43,49,53,56-57,59,73-74H,9-11,15,18-28H2,1-8H3,(H,60,75)(H,61,76)(H,62,68)/t30-,31-,32?,35-,38-,43?,49?,53+,56?,57-/m0/s1. The molecule has 4 unspecified atom stereocenters. The third-order valence-corrected chi connectivity index (χ3v) is 16.3. The third kappa shape index (κ3) is 14.0. The number of rotatable bonds is 25. The zero-order chi connectivity index (χ0) is 61.6. The molecule has 6 N–H and O–H groups in total. The number of unbranched alkanes of at least 4 members (excludes halogenated alkanes) is 2. The van der Waals surface area contributed by atoms with Crippen molar-refractivity contribution in [3.63, 3.8) is 0 Å². The van der Waals surface area contributed by atoms with Crippen molar-refractivity contribution in [1.29, 1.82) is 5.41 Å². The molecule has 8 rings (SSSR count). The lowest BCUT2D eigenvalue weighted by Crippen LogP contribution is -2.55. The number of carbonyl (C=O) groups excluding carboxylic acids is 9. The number of amides is 7. The molecule has 2 aromatic carbocycles. The summed E-state index contributed by atoms with van der Waals surface area (Å²) < 4.78 is 47.2. The molecular formula is C58H76N8O19. The van der Waals surface area contributed by atoms with Crippen LogP contribution in [0, 0.1) is 17.2 Å². The van der Waals surface area contributed by atoms with Crippen molar-refractivity contribution in [2.24, 2.45) is 11.8 Å². The first-order valence-electron chi connectivity index (χ1n) is 28.5. The SMILES string of the molecule is COc1cccc2c1C(=N)c1c(O)c3c(c(O)c1C2=O)CC(C(=O)COC(=O)N(C)CCN(C)C(=O)COCNC(=O)[C@H](C)NC(=O)C(NC(=O)CCCCCN1C(=O)C=CC1=O)C(C)C)C[C@@H]3OC1C[C@H]2[C@H](OC3[C@@H](OC)OCCN32)[C@H](C)O1. The highest BCUT2D eigenvalue weighted by molar-refractivity contribution is 6.32. The van der Waals surface area contributed by atoms with Crippen molar-refractivity contribution in [2.45, 2.75) is 128 Å². The van der Waals surface area contributed by atoms with E-state index >= 15 is 0 Å². The molecule has 3 fully saturated rings. The number of benzene rings is 2. The summed E-state index contributed by atoms with van der Waals surface area (Å²) in [4.78, 5) is 122. The van der Waals surface area contributed by atoms with Crippen molar-refractivity contribution in [3.05, 3.63) is 63.7 Å². The molecule has 10 atom stereocenters. The molecule has 462 valence electrons. The van der Waals surface area contributed by atoms with Gasteiger partial charge in [0.15, 0.2) is 37.0 Å². The van der Waals surface area contributed by atoms with Crippen LogP contribution in [0.2, 0.25) is 0 Å². The van der Waals surface area contributed by atoms with Crippen LogP contribution in [0.25, 0.3) is 0 Å². The van der Waals surface area contributed by atoms with Gasteiger partial charge in [-0.2, -0.15) is 0 Å². The minimum Gasteiger partial charge on any atom is -0.507 e. The summed E-state index contributed by atoms with van der Waals surface area (Å²) in [5.74, 6) is -6.12. The van der Waals surface area contributed by atoms with Crippen LogP contribution in [0.3, 0.4) is 0 Å². The van der Waals surface area contributed by atoms with E-state index in [1.165, 1.54) is 58.4 Å². The molecule has 0 aromatic heterocycles. The molecule has 27 nitrogen and oxygen atoms in total. The van der Waals surface area contributed by atoms with Gasteiger partial charge in [-0.05, 0) is 51.5 Å². The van der Waals surface area contributed by atoms with E-state index in [2.05, 4.69) is 20.9 Å². The number of hydrogen-bond acceptors (Lipinski definition) is 21. The normalized spacial score (nSPS) is 23.9. The Morgan fingerprint density at radius 1 is 0.871 bits per heavy atom. The molecule has 2 aliphatic carbocycles. The maximum absolute atomic E-state index is 14.2. The van der Waals surface area contributed by atoms with E-state index in [-0.39, 0.29) is 126 Å². The third-order valence-electron chi connectivity index (χ3n) is 16.3. The molecule has 4 heterocycles. The van der Waals surface area contributed by atoms with Crippen LogP contribution >= 0.6 is 0 Å². The summed E-state index contributed by atoms with van der Waals surface area (Å²) in [6.45, 7) is 6.41. The number of hydrogen-bond donors (Lipinski definition) is 6. The minimum absolute atomic E-state index is 0.0133. The highest BCUT2D eigenvalue weighted by Gasteiger charge is 2.54. The molecular weight excluding hydrogens is 1110 g/mol. The summed E-state index contributed by atoms with van der Waals surface area (Å²) in [6, 6.07) is 2.48. The number of phenols is 2. The molecule has 7 amide bonds. The highest BCUT2D eigenvalue weighted by atomic mass is 16.7. The Balaban J connectivity index is 0.809. The lowest BCUT2D eigenvalue weighted by molar-refractivity contribution is -0.254. The van der Waals surface area contributed by atoms with Crippen molar-refractivity contribution < 1.29 is 91.3 Å². The number of ether oxygens (including phenoxy) is 8. The predicted molar refractivity (Wildman–Crippen MR) is 297 cm³/mol. The van der Waals surface area contributed by atoms with Crippen LogP contribution in [-0.4, -0.2) is 219 Å². The Hall–Kier alpha value is -7.40. The van der Waals surface area contributed by atoms with E-state index in [4.69, 9.17) is 37.9 Å². The fourth-order valence-electron chi connectivity index (χ4n) is 11.5. The van der Waals surface area contributed by atoms with Gasteiger partial charge >= 0.3 is 6.09 Å². The van der Waals surface area contributed by atoms with Gasteiger partial charge in [-0.3, -0.25) is 53.6 Å². The number of morpholine rings is 1. The molecule has 0 saturated carbocycles. The smallest absolute Gasteiger partial charge is 0.409 e. The first-order valence-corrected chi connectivity index (χ1v) is 28.5. The molecule has 2 aromatic rings. The monoisotopic (exact) mass is 1190 g/mol. The Bertz CT molecular complexity index is 2950. The van der Waals surface area contributed by atoms with Gasteiger partial charge < -0.3 is 73.9 Å². The van der Waals surface area contributed by atoms with Crippen LogP contribution in [0.1, 0.15) is 110 Å². The van der Waals surface area contributed by atoms with Gasteiger partial charge in [-0.25, -0.2) is 4.79 Å². The molecule has 85 heavy (non-hydrogen) atoms. The quantitative estimate of drug-likeness (QED) is 0.0303. The summed E-state index contributed by atoms with van der Waals surface area (Å²) >= 11 is 0. The zero-order valence-corrected chi connectivity index (χ0v) is 49.0. The van der Waals surface area contributed by atoms with E-state index in [1.54, 1.807) is 26.0 Å². The van der Waals surface area contributed by atoms with Crippen molar-refractivity contribution in [1.82, 2.24) is 35.6 Å². The largest absolute Gasteiger partial charge is 0.507 e. The van der Waals surface area contributed by atoms with Gasteiger partial charge in [0.25, 0.3) is 11.8 Å². The second kappa shape index (κ2) is 27.8. The first-order chi connectivity index (χ1) is 40.5. The molecule has 27 heteroatoms. The topological polar surface area (TPSA) is 341 Å². The second-order valence-electron chi connectivity index (χ2n) is 22.2. The van der Waals surface area contributed by atoms with Gasteiger partial charge in [0.2, 0.25) is 23.6 Å². The van der Waals surface area contributed by atoms with E-state index in [9.17, 15) is 58.8 Å². The van der Waals surface area contributed by atoms with E-state index in [0.717, 1.165) is 9.80 Å². The van der Waals surface area contributed by atoms with Crippen LogP contribution in [-0.2, 0) is 73.1 Å². The summed E-state index contributed by atoms with van der Waals surface area (Å²) in [5.41, 5.74) is -0.447. The summed E-state index contributed by atoms with van der Waals surface area (Å²) in [5, 5.41) is 41.4. The van der Waals surface area contributed by atoms with Crippen LogP contribution < -0.4 is 20.7 Å². The van der Waals surface area contributed by atoms with Crippen LogP contribution in [0.15, 0.2) is 30.4 Å². The van der Waals surface area contributed by atoms with Crippen molar-refractivity contribution >= 4 is 58.8 Å². The van der Waals surface area contributed by atoms with Gasteiger partial charge in [0, 0.05) is 101 Å². The molecule has 3 saturated heterocycles. The Morgan fingerprint density at radius 2 is 1.60 bits per heavy atom. The molecule has 0 spiro atoms. The minimum atomic E-state index is -1.14. The number of imide groups is 1.